The average molecular weight is 293 g/mol. The molecule has 0 aliphatic heterocycles. The van der Waals surface area contributed by atoms with E-state index in [1.165, 1.54) is 11.3 Å². The van der Waals surface area contributed by atoms with Gasteiger partial charge in [-0.2, -0.15) is 0 Å². The van der Waals surface area contributed by atoms with Crippen molar-refractivity contribution in [2.45, 2.75) is 32.2 Å². The second-order valence-electron chi connectivity index (χ2n) is 3.89. The quantitative estimate of drug-likeness (QED) is 0.684. The van der Waals surface area contributed by atoms with Crippen LogP contribution in [0.15, 0.2) is 0 Å². The zero-order chi connectivity index (χ0) is 13.6. The molecule has 104 valence electrons. The zero-order valence-electron chi connectivity index (χ0n) is 10.6. The van der Waals surface area contributed by atoms with Gasteiger partial charge in [0, 0.05) is 18.5 Å². The molecule has 1 heterocycles. The largest absolute Gasteiger partial charge is 0.378 e. The lowest BCUT2D eigenvalue weighted by molar-refractivity contribution is 0.181. The first kappa shape index (κ1) is 15.5. The Morgan fingerprint density at radius 2 is 2.22 bits per heavy atom. The standard InChI is InChI=1S/C10H19N3O3S2/c1-3-4-12-5-9-8(6-16-2)13-10(17-9)7-18(11,14)15/h12H,3-7H2,1-2H3,(H2,11,14,15). The maximum Gasteiger partial charge on any atom is 0.215 e. The lowest BCUT2D eigenvalue weighted by Gasteiger charge is -2.02. The van der Waals surface area contributed by atoms with E-state index >= 15 is 0 Å². The molecule has 0 atom stereocenters. The second kappa shape index (κ2) is 7.15. The summed E-state index contributed by atoms with van der Waals surface area (Å²) >= 11 is 1.36. The molecule has 0 amide bonds. The topological polar surface area (TPSA) is 94.3 Å². The van der Waals surface area contributed by atoms with Crippen LogP contribution in [0.5, 0.6) is 0 Å². The van der Waals surface area contributed by atoms with Crippen molar-refractivity contribution in [3.8, 4) is 0 Å². The van der Waals surface area contributed by atoms with Crippen LogP contribution in [-0.2, 0) is 33.7 Å². The minimum absolute atomic E-state index is 0.220. The van der Waals surface area contributed by atoms with Gasteiger partial charge < -0.3 is 10.1 Å². The molecule has 0 bridgehead atoms. The Bertz CT molecular complexity index is 471. The van der Waals surface area contributed by atoms with Gasteiger partial charge in [-0.15, -0.1) is 11.3 Å². The smallest absolute Gasteiger partial charge is 0.215 e. The van der Waals surface area contributed by atoms with Gasteiger partial charge in [0.15, 0.2) is 0 Å². The average Bonchev–Trinajstić information content (AvgIpc) is 2.59. The molecular formula is C10H19N3O3S2. The van der Waals surface area contributed by atoms with E-state index in [9.17, 15) is 8.42 Å². The van der Waals surface area contributed by atoms with E-state index in [4.69, 9.17) is 9.88 Å². The monoisotopic (exact) mass is 293 g/mol. The first-order valence-corrected chi connectivity index (χ1v) is 8.17. The minimum atomic E-state index is -3.53. The fourth-order valence-corrected chi connectivity index (χ4v) is 3.41. The molecule has 0 aliphatic rings. The predicted octanol–water partition coefficient (Wildman–Crippen LogP) is 0.578. The highest BCUT2D eigenvalue weighted by atomic mass is 32.2. The summed E-state index contributed by atoms with van der Waals surface area (Å²) < 4.78 is 27.1. The number of hydrogen-bond donors (Lipinski definition) is 2. The van der Waals surface area contributed by atoms with Crippen LogP contribution in [0, 0.1) is 0 Å². The van der Waals surface area contributed by atoms with Gasteiger partial charge in [-0.1, -0.05) is 6.92 Å². The highest BCUT2D eigenvalue weighted by Gasteiger charge is 2.14. The summed E-state index contributed by atoms with van der Waals surface area (Å²) in [5.74, 6) is -0.220. The molecule has 6 nitrogen and oxygen atoms in total. The first-order valence-electron chi connectivity index (χ1n) is 5.63. The van der Waals surface area contributed by atoms with Crippen LogP contribution >= 0.6 is 11.3 Å². The van der Waals surface area contributed by atoms with Crippen LogP contribution in [0.3, 0.4) is 0 Å². The molecule has 1 rings (SSSR count). The molecule has 8 heteroatoms. The fraction of sp³-hybridized carbons (Fsp3) is 0.700. The number of sulfonamides is 1. The van der Waals surface area contributed by atoms with Crippen LogP contribution in [-0.4, -0.2) is 27.1 Å². The van der Waals surface area contributed by atoms with E-state index in [0.29, 0.717) is 18.2 Å². The molecule has 18 heavy (non-hydrogen) atoms. The lowest BCUT2D eigenvalue weighted by Crippen LogP contribution is -2.14. The van der Waals surface area contributed by atoms with Crippen molar-refractivity contribution in [3.05, 3.63) is 15.6 Å². The number of aromatic nitrogens is 1. The van der Waals surface area contributed by atoms with Crippen LogP contribution in [0.2, 0.25) is 0 Å². The van der Waals surface area contributed by atoms with Crippen molar-refractivity contribution in [3.63, 3.8) is 0 Å². The van der Waals surface area contributed by atoms with Crippen molar-refractivity contribution < 1.29 is 13.2 Å². The van der Waals surface area contributed by atoms with Gasteiger partial charge in [-0.3, -0.25) is 0 Å². The van der Waals surface area contributed by atoms with E-state index in [0.717, 1.165) is 23.5 Å². The van der Waals surface area contributed by atoms with E-state index in [2.05, 4.69) is 17.2 Å². The molecule has 0 radical (unpaired) electrons. The number of primary sulfonamides is 1. The fourth-order valence-electron chi connectivity index (χ4n) is 1.44. The summed E-state index contributed by atoms with van der Waals surface area (Å²) in [4.78, 5) is 5.26. The van der Waals surface area contributed by atoms with E-state index < -0.39 is 10.0 Å². The van der Waals surface area contributed by atoms with Crippen LogP contribution < -0.4 is 10.5 Å². The SMILES string of the molecule is CCCNCc1sc(CS(N)(=O)=O)nc1COC. The van der Waals surface area contributed by atoms with E-state index in [1.54, 1.807) is 7.11 Å². The lowest BCUT2D eigenvalue weighted by atomic mass is 10.3. The molecule has 0 fully saturated rings. The molecule has 3 N–H and O–H groups in total. The normalized spacial score (nSPS) is 11.9. The van der Waals surface area contributed by atoms with Crippen molar-refractivity contribution >= 4 is 21.4 Å². The third-order valence-electron chi connectivity index (χ3n) is 2.14. The first-order chi connectivity index (χ1) is 8.46. The van der Waals surface area contributed by atoms with Gasteiger partial charge in [0.05, 0.1) is 12.3 Å². The molecule has 0 aromatic carbocycles. The van der Waals surface area contributed by atoms with Gasteiger partial charge in [-0.25, -0.2) is 18.5 Å². The highest BCUT2D eigenvalue weighted by molar-refractivity contribution is 7.88. The van der Waals surface area contributed by atoms with Gasteiger partial charge in [0.1, 0.15) is 10.8 Å². The maximum atomic E-state index is 11.0. The summed E-state index contributed by atoms with van der Waals surface area (Å²) in [7, 11) is -1.95. The van der Waals surface area contributed by atoms with Crippen molar-refractivity contribution in [1.82, 2.24) is 10.3 Å². The van der Waals surface area contributed by atoms with Gasteiger partial charge in [-0.05, 0) is 13.0 Å². The highest BCUT2D eigenvalue weighted by Crippen LogP contribution is 2.20. The number of thiazole rings is 1. The Hall–Kier alpha value is -0.540. The Morgan fingerprint density at radius 3 is 2.78 bits per heavy atom. The van der Waals surface area contributed by atoms with Gasteiger partial charge in [0.25, 0.3) is 0 Å². The molecule has 1 aromatic rings. The Balaban J connectivity index is 2.79. The number of methoxy groups -OCH3 is 1. The number of rotatable bonds is 8. The summed E-state index contributed by atoms with van der Waals surface area (Å²) in [5, 5.41) is 8.79. The van der Waals surface area contributed by atoms with Crippen LogP contribution in [0.25, 0.3) is 0 Å². The molecule has 0 saturated carbocycles. The predicted molar refractivity (Wildman–Crippen MR) is 71.6 cm³/mol. The number of nitrogens with two attached hydrogens (primary N) is 1. The molecule has 0 saturated heterocycles. The third-order valence-corrected chi connectivity index (χ3v) is 4.10. The summed E-state index contributed by atoms with van der Waals surface area (Å²) in [6.07, 6.45) is 1.04. The molecule has 0 spiro atoms. The molecule has 1 aromatic heterocycles. The number of nitrogens with zero attached hydrogens (tertiary/aromatic N) is 1. The Morgan fingerprint density at radius 1 is 1.50 bits per heavy atom. The summed E-state index contributed by atoms with van der Waals surface area (Å²) in [5.41, 5.74) is 0.782. The van der Waals surface area contributed by atoms with Crippen molar-refractivity contribution in [2.24, 2.45) is 5.14 Å². The number of hydrogen-bond acceptors (Lipinski definition) is 6. The molecule has 0 unspecified atom stereocenters. The number of ether oxygens (including phenoxy) is 1. The van der Waals surface area contributed by atoms with Crippen LogP contribution in [0.4, 0.5) is 0 Å². The Labute approximate surface area is 112 Å². The minimum Gasteiger partial charge on any atom is -0.378 e. The van der Waals surface area contributed by atoms with Gasteiger partial charge in [0.2, 0.25) is 10.0 Å². The molecular weight excluding hydrogens is 274 g/mol. The zero-order valence-corrected chi connectivity index (χ0v) is 12.2. The summed E-state index contributed by atoms with van der Waals surface area (Å²) in [6.45, 7) is 4.05. The van der Waals surface area contributed by atoms with Crippen molar-refractivity contribution in [2.75, 3.05) is 13.7 Å². The summed E-state index contributed by atoms with van der Waals surface area (Å²) in [6, 6.07) is 0. The Kier molecular flexibility index (Phi) is 6.16. The molecule has 0 aliphatic carbocycles. The van der Waals surface area contributed by atoms with E-state index in [-0.39, 0.29) is 5.75 Å². The number of nitrogens with one attached hydrogen (secondary N) is 1. The van der Waals surface area contributed by atoms with Crippen LogP contribution in [0.1, 0.15) is 28.9 Å². The second-order valence-corrected chi connectivity index (χ2v) is 6.68. The van der Waals surface area contributed by atoms with Gasteiger partial charge >= 0.3 is 0 Å². The van der Waals surface area contributed by atoms with Crippen molar-refractivity contribution in [1.29, 1.82) is 0 Å². The van der Waals surface area contributed by atoms with E-state index in [1.807, 2.05) is 0 Å². The third kappa shape index (κ3) is 5.40. The maximum absolute atomic E-state index is 11.0.